The molecular formula is C19H26N4OS2. The van der Waals surface area contributed by atoms with Gasteiger partial charge in [0.2, 0.25) is 5.91 Å². The molecular weight excluding hydrogens is 364 g/mol. The van der Waals surface area contributed by atoms with Crippen molar-refractivity contribution < 1.29 is 4.79 Å². The molecule has 1 aliphatic heterocycles. The molecule has 2 aromatic rings. The Morgan fingerprint density at radius 2 is 2.23 bits per heavy atom. The molecule has 1 amide bonds. The molecule has 2 aromatic heterocycles. The summed E-state index contributed by atoms with van der Waals surface area (Å²) in [6, 6.07) is 6.36. The van der Waals surface area contributed by atoms with E-state index in [1.165, 1.54) is 15.3 Å². The molecule has 5 nitrogen and oxygen atoms in total. The molecule has 1 N–H and O–H groups in total. The lowest BCUT2D eigenvalue weighted by Crippen LogP contribution is -2.41. The van der Waals surface area contributed by atoms with Crippen LogP contribution in [0.4, 0.5) is 0 Å². The van der Waals surface area contributed by atoms with Gasteiger partial charge < -0.3 is 15.1 Å². The topological polar surface area (TPSA) is 47.9 Å². The highest BCUT2D eigenvalue weighted by atomic mass is 32.1. The zero-order valence-corrected chi connectivity index (χ0v) is 17.0. The van der Waals surface area contributed by atoms with Crippen LogP contribution in [0.2, 0.25) is 0 Å². The predicted octanol–water partition coefficient (Wildman–Crippen LogP) is 2.83. The number of rotatable bonds is 6. The quantitative estimate of drug-likeness (QED) is 0.609. The van der Waals surface area contributed by atoms with Crippen molar-refractivity contribution in [3.8, 4) is 0 Å². The first-order chi connectivity index (χ1) is 12.7. The summed E-state index contributed by atoms with van der Waals surface area (Å²) in [6.45, 7) is 5.43. The van der Waals surface area contributed by atoms with E-state index in [0.29, 0.717) is 0 Å². The molecule has 1 aliphatic rings. The number of nitrogens with zero attached hydrogens (tertiary/aromatic N) is 3. The molecule has 0 saturated carbocycles. The van der Waals surface area contributed by atoms with Crippen LogP contribution in [0.5, 0.6) is 0 Å². The van der Waals surface area contributed by atoms with Crippen LogP contribution in [0.1, 0.15) is 22.2 Å². The molecule has 3 rings (SSSR count). The van der Waals surface area contributed by atoms with E-state index in [-0.39, 0.29) is 12.5 Å². The van der Waals surface area contributed by atoms with Gasteiger partial charge >= 0.3 is 0 Å². The number of thiophene rings is 2. The van der Waals surface area contributed by atoms with Crippen LogP contribution < -0.4 is 5.32 Å². The number of guanidine groups is 1. The van der Waals surface area contributed by atoms with Gasteiger partial charge in [-0.1, -0.05) is 6.07 Å². The lowest BCUT2D eigenvalue weighted by molar-refractivity contribution is -0.130. The van der Waals surface area contributed by atoms with Crippen molar-refractivity contribution in [1.82, 2.24) is 15.1 Å². The van der Waals surface area contributed by atoms with Crippen molar-refractivity contribution in [2.45, 2.75) is 26.3 Å². The van der Waals surface area contributed by atoms with E-state index < -0.39 is 0 Å². The third-order valence-corrected chi connectivity index (χ3v) is 6.45. The summed E-state index contributed by atoms with van der Waals surface area (Å²) in [5.41, 5.74) is 1.29. The summed E-state index contributed by atoms with van der Waals surface area (Å²) < 4.78 is 0. The fourth-order valence-electron chi connectivity index (χ4n) is 3.01. The predicted molar refractivity (Wildman–Crippen MR) is 110 cm³/mol. The van der Waals surface area contributed by atoms with Gasteiger partial charge in [0.25, 0.3) is 0 Å². The second kappa shape index (κ2) is 9.19. The first-order valence-electron chi connectivity index (χ1n) is 9.02. The smallest absolute Gasteiger partial charge is 0.244 e. The molecule has 0 aromatic carbocycles. The molecule has 0 fully saturated rings. The maximum absolute atomic E-state index is 12.6. The monoisotopic (exact) mass is 390 g/mol. The molecule has 0 bridgehead atoms. The lowest BCUT2D eigenvalue weighted by atomic mass is 10.1. The number of hydrogen-bond acceptors (Lipinski definition) is 4. The van der Waals surface area contributed by atoms with Crippen molar-refractivity contribution in [3.63, 3.8) is 0 Å². The van der Waals surface area contributed by atoms with E-state index in [2.05, 4.69) is 44.2 Å². The number of carbonyl (C=O) groups excluding carboxylic acids is 1. The number of amides is 1. The summed E-state index contributed by atoms with van der Waals surface area (Å²) >= 11 is 3.57. The number of aliphatic imine (C=N–C) groups is 1. The lowest BCUT2D eigenvalue weighted by Gasteiger charge is -2.27. The van der Waals surface area contributed by atoms with Crippen LogP contribution in [0.3, 0.4) is 0 Å². The summed E-state index contributed by atoms with van der Waals surface area (Å²) in [4.78, 5) is 24.0. The third-order valence-electron chi connectivity index (χ3n) is 4.49. The molecule has 26 heavy (non-hydrogen) atoms. The van der Waals surface area contributed by atoms with Gasteiger partial charge in [0.05, 0.1) is 0 Å². The Morgan fingerprint density at radius 1 is 1.35 bits per heavy atom. The molecule has 3 heterocycles. The van der Waals surface area contributed by atoms with Crippen LogP contribution in [0.15, 0.2) is 34.0 Å². The SMILES string of the molecule is CCNC(=NCC(=O)N1CCc2sccc2C1)N(C)CCc1cccs1. The molecule has 0 spiro atoms. The fourth-order valence-corrected chi connectivity index (χ4v) is 4.60. The van der Waals surface area contributed by atoms with Gasteiger partial charge in [-0.2, -0.15) is 0 Å². The van der Waals surface area contributed by atoms with E-state index in [1.807, 2.05) is 18.9 Å². The average molecular weight is 391 g/mol. The highest BCUT2D eigenvalue weighted by molar-refractivity contribution is 7.10. The van der Waals surface area contributed by atoms with Crippen LogP contribution >= 0.6 is 22.7 Å². The van der Waals surface area contributed by atoms with Gasteiger partial charge in [-0.15, -0.1) is 22.7 Å². The van der Waals surface area contributed by atoms with Crippen molar-refractivity contribution in [2.75, 3.05) is 33.2 Å². The fraction of sp³-hybridized carbons (Fsp3) is 0.474. The molecule has 0 saturated heterocycles. The van der Waals surface area contributed by atoms with E-state index in [1.54, 1.807) is 22.7 Å². The van der Waals surface area contributed by atoms with Crippen LogP contribution in [0.25, 0.3) is 0 Å². The van der Waals surface area contributed by atoms with Crippen molar-refractivity contribution in [3.05, 3.63) is 44.3 Å². The zero-order valence-electron chi connectivity index (χ0n) is 15.4. The Kier molecular flexibility index (Phi) is 6.68. The van der Waals surface area contributed by atoms with Gasteiger partial charge in [-0.05, 0) is 48.2 Å². The molecule has 0 unspecified atom stereocenters. The van der Waals surface area contributed by atoms with E-state index in [9.17, 15) is 4.79 Å². The van der Waals surface area contributed by atoms with Gasteiger partial charge in [-0.3, -0.25) is 4.79 Å². The Labute approximate surface area is 163 Å². The Bertz CT molecular complexity index is 739. The minimum atomic E-state index is 0.101. The first kappa shape index (κ1) is 18.9. The normalized spacial score (nSPS) is 14.2. The van der Waals surface area contributed by atoms with Crippen LogP contribution in [-0.2, 0) is 24.2 Å². The van der Waals surface area contributed by atoms with E-state index in [4.69, 9.17) is 0 Å². The highest BCUT2D eigenvalue weighted by Crippen LogP contribution is 2.23. The Balaban J connectivity index is 1.55. The number of fused-ring (bicyclic) bond motifs is 1. The van der Waals surface area contributed by atoms with Crippen molar-refractivity contribution >= 4 is 34.5 Å². The minimum Gasteiger partial charge on any atom is -0.357 e. The van der Waals surface area contributed by atoms with E-state index in [0.717, 1.165) is 45.0 Å². The second-order valence-corrected chi connectivity index (χ2v) is 8.39. The summed E-state index contributed by atoms with van der Waals surface area (Å²) in [7, 11) is 2.03. The largest absolute Gasteiger partial charge is 0.357 e. The number of nitrogens with one attached hydrogen (secondary N) is 1. The molecule has 140 valence electrons. The molecule has 0 atom stereocenters. The average Bonchev–Trinajstić information content (AvgIpc) is 3.33. The highest BCUT2D eigenvalue weighted by Gasteiger charge is 2.21. The number of carbonyl (C=O) groups is 1. The molecule has 0 radical (unpaired) electrons. The summed E-state index contributed by atoms with van der Waals surface area (Å²) in [5.74, 6) is 0.898. The van der Waals surface area contributed by atoms with E-state index >= 15 is 0 Å². The minimum absolute atomic E-state index is 0.101. The van der Waals surface area contributed by atoms with Gasteiger partial charge in [-0.25, -0.2) is 4.99 Å². The zero-order chi connectivity index (χ0) is 18.4. The van der Waals surface area contributed by atoms with Gasteiger partial charge in [0, 0.05) is 43.0 Å². The third kappa shape index (κ3) is 4.86. The van der Waals surface area contributed by atoms with Crippen LogP contribution in [0, 0.1) is 0 Å². The summed E-state index contributed by atoms with van der Waals surface area (Å²) in [6.07, 6.45) is 1.95. The van der Waals surface area contributed by atoms with Gasteiger partial charge in [0.15, 0.2) is 5.96 Å². The van der Waals surface area contributed by atoms with Crippen molar-refractivity contribution in [2.24, 2.45) is 4.99 Å². The first-order valence-corrected chi connectivity index (χ1v) is 10.8. The van der Waals surface area contributed by atoms with Crippen LogP contribution in [-0.4, -0.2) is 54.9 Å². The number of hydrogen-bond donors (Lipinski definition) is 1. The maximum Gasteiger partial charge on any atom is 0.244 e. The Morgan fingerprint density at radius 3 is 3.00 bits per heavy atom. The second-order valence-electron chi connectivity index (χ2n) is 6.36. The van der Waals surface area contributed by atoms with Gasteiger partial charge in [0.1, 0.15) is 6.54 Å². The molecule has 7 heteroatoms. The standard InChI is InChI=1S/C19H26N4OS2/c1-3-20-19(22(2)9-6-16-5-4-11-25-16)21-13-18(24)23-10-7-17-15(14-23)8-12-26-17/h4-5,8,11-12H,3,6-7,9-10,13-14H2,1-2H3,(H,20,21). The van der Waals surface area contributed by atoms with Crippen molar-refractivity contribution in [1.29, 1.82) is 0 Å². The number of likely N-dealkylation sites (N-methyl/N-ethyl adjacent to an activating group) is 1. The molecule has 0 aliphatic carbocycles. The Hall–Kier alpha value is -1.86. The summed E-state index contributed by atoms with van der Waals surface area (Å²) in [5, 5.41) is 7.51. The maximum atomic E-state index is 12.6.